The lowest BCUT2D eigenvalue weighted by molar-refractivity contribution is 0.0910. The molecule has 1 saturated heterocycles. The summed E-state index contributed by atoms with van der Waals surface area (Å²) in [6.45, 7) is 3.83. The van der Waals surface area contributed by atoms with Crippen molar-refractivity contribution in [1.29, 1.82) is 5.26 Å². The van der Waals surface area contributed by atoms with Crippen LogP contribution in [0.15, 0.2) is 24.4 Å². The van der Waals surface area contributed by atoms with E-state index in [2.05, 4.69) is 31.8 Å². The molecule has 1 aromatic carbocycles. The van der Waals surface area contributed by atoms with E-state index in [0.29, 0.717) is 24.7 Å². The molecule has 0 unspecified atom stereocenters. The number of halogens is 2. The van der Waals surface area contributed by atoms with E-state index < -0.39 is 11.6 Å². The summed E-state index contributed by atoms with van der Waals surface area (Å²) in [7, 11) is 1.57. The maximum absolute atomic E-state index is 12.3. The zero-order valence-corrected chi connectivity index (χ0v) is 17.0. The molecule has 2 aromatic rings. The molecular weight excluding hydrogens is 394 g/mol. The number of methoxy groups -OCH3 is 1. The van der Waals surface area contributed by atoms with Crippen LogP contribution in [0, 0.1) is 29.9 Å². The summed E-state index contributed by atoms with van der Waals surface area (Å²) in [5.74, 6) is -1.16. The molecule has 3 N–H and O–H groups in total. The number of hydrogen-bond acceptors (Lipinski definition) is 6. The fraction of sp³-hybridized carbons (Fsp3) is 0.450. The Morgan fingerprint density at radius 1 is 1.37 bits per heavy atom. The van der Waals surface area contributed by atoms with Crippen molar-refractivity contribution in [3.05, 3.63) is 47.3 Å². The number of aromatic amines is 1. The van der Waals surface area contributed by atoms with Crippen LogP contribution in [0.4, 0.5) is 14.5 Å². The van der Waals surface area contributed by atoms with Crippen molar-refractivity contribution in [3.63, 3.8) is 0 Å². The van der Waals surface area contributed by atoms with E-state index in [9.17, 15) is 13.6 Å². The second-order valence-electron chi connectivity index (χ2n) is 6.80. The topological polar surface area (TPSA) is 106 Å². The van der Waals surface area contributed by atoms with Crippen LogP contribution in [-0.4, -0.2) is 60.5 Å². The Labute approximate surface area is 174 Å². The number of amides is 1. The minimum Gasteiger partial charge on any atom is -0.365 e. The minimum atomic E-state index is -0.491. The lowest BCUT2D eigenvalue weighted by Crippen LogP contribution is -2.44. The summed E-state index contributed by atoms with van der Waals surface area (Å²) in [4.78, 5) is 14.3. The quantitative estimate of drug-likeness (QED) is 0.490. The van der Waals surface area contributed by atoms with E-state index in [1.54, 1.807) is 13.3 Å². The van der Waals surface area contributed by atoms with Crippen molar-refractivity contribution in [2.45, 2.75) is 25.8 Å². The summed E-state index contributed by atoms with van der Waals surface area (Å²) >= 11 is 0. The van der Waals surface area contributed by atoms with Gasteiger partial charge in [-0.1, -0.05) is 6.07 Å². The van der Waals surface area contributed by atoms with Crippen molar-refractivity contribution >= 4 is 11.6 Å². The van der Waals surface area contributed by atoms with Crippen LogP contribution < -0.4 is 10.6 Å². The van der Waals surface area contributed by atoms with Crippen molar-refractivity contribution < 1.29 is 18.3 Å². The normalized spacial score (nSPS) is 14.4. The summed E-state index contributed by atoms with van der Waals surface area (Å²) in [6.07, 6.45) is 3.26. The molecule has 0 bridgehead atoms. The van der Waals surface area contributed by atoms with Gasteiger partial charge in [-0.05, 0) is 31.9 Å². The van der Waals surface area contributed by atoms with Crippen LogP contribution in [0.3, 0.4) is 0 Å². The number of carbonyl (C=O) groups is 1. The fourth-order valence-electron chi connectivity index (χ4n) is 2.92. The molecule has 1 aromatic heterocycles. The third-order valence-electron chi connectivity index (χ3n) is 4.69. The number of nitrogens with zero attached hydrogens (tertiary/aromatic N) is 3. The third kappa shape index (κ3) is 6.79. The van der Waals surface area contributed by atoms with Crippen molar-refractivity contribution in [1.82, 2.24) is 20.4 Å². The molecule has 10 heteroatoms. The largest absolute Gasteiger partial charge is 0.365 e. The number of aromatic nitrogens is 2. The number of rotatable bonds is 6. The smallest absolute Gasteiger partial charge is 0.271 e. The molecule has 0 radical (unpaired) electrons. The number of H-pyrrole nitrogens is 1. The molecule has 1 aliphatic heterocycles. The first-order valence-electron chi connectivity index (χ1n) is 9.53. The SMILES string of the molecule is COCNc1cn[nH]c1C(=O)NC1CCN(CC#N)CC1.Cc1c(F)cccc1F. The Balaban J connectivity index is 0.000000297. The molecule has 0 saturated carbocycles. The number of likely N-dealkylation sites (tertiary alicyclic amines) is 1. The lowest BCUT2D eigenvalue weighted by atomic mass is 10.0. The second-order valence-corrected chi connectivity index (χ2v) is 6.80. The summed E-state index contributed by atoms with van der Waals surface area (Å²) in [6, 6.07) is 6.09. The van der Waals surface area contributed by atoms with Crippen LogP contribution in [0.2, 0.25) is 0 Å². The highest BCUT2D eigenvalue weighted by Gasteiger charge is 2.22. The Hall–Kier alpha value is -3.03. The van der Waals surface area contributed by atoms with Gasteiger partial charge in [0.25, 0.3) is 5.91 Å². The van der Waals surface area contributed by atoms with E-state index in [0.717, 1.165) is 25.9 Å². The highest BCUT2D eigenvalue weighted by molar-refractivity contribution is 5.97. The van der Waals surface area contributed by atoms with Crippen molar-refractivity contribution in [3.8, 4) is 6.07 Å². The second kappa shape index (κ2) is 11.8. The highest BCUT2D eigenvalue weighted by atomic mass is 19.1. The standard InChI is InChI=1S/C13H20N6O2.C7H6F2/c1-21-9-15-11-8-16-18-12(11)13(20)17-10-2-5-19(6-3-10)7-4-14;1-5-6(8)3-2-4-7(5)9/h8,10,15H,2-3,5-7,9H2,1H3,(H,16,18)(H,17,20);2-4H,1H3. The average Bonchev–Trinajstić information content (AvgIpc) is 3.21. The van der Waals surface area contributed by atoms with E-state index in [4.69, 9.17) is 10.00 Å². The van der Waals surface area contributed by atoms with Crippen LogP contribution in [0.1, 0.15) is 28.9 Å². The zero-order valence-electron chi connectivity index (χ0n) is 17.0. The number of carbonyl (C=O) groups excluding carboxylic acids is 1. The predicted molar refractivity (Wildman–Crippen MR) is 108 cm³/mol. The first-order chi connectivity index (χ1) is 14.5. The number of piperidine rings is 1. The van der Waals surface area contributed by atoms with Gasteiger partial charge in [-0.15, -0.1) is 0 Å². The number of nitriles is 1. The van der Waals surface area contributed by atoms with E-state index in [1.165, 1.54) is 25.1 Å². The molecule has 30 heavy (non-hydrogen) atoms. The first-order valence-corrected chi connectivity index (χ1v) is 9.53. The maximum atomic E-state index is 12.3. The number of benzene rings is 1. The van der Waals surface area contributed by atoms with Gasteiger partial charge in [0.15, 0.2) is 0 Å². The first kappa shape index (κ1) is 23.3. The molecule has 0 spiro atoms. The monoisotopic (exact) mass is 420 g/mol. The molecule has 1 amide bonds. The average molecular weight is 420 g/mol. The fourth-order valence-corrected chi connectivity index (χ4v) is 2.92. The van der Waals surface area contributed by atoms with Crippen LogP contribution >= 0.6 is 0 Å². The molecule has 0 aliphatic carbocycles. The molecule has 1 aliphatic rings. The van der Waals surface area contributed by atoms with Gasteiger partial charge >= 0.3 is 0 Å². The predicted octanol–water partition coefficient (Wildman–Crippen LogP) is 2.42. The molecular formula is C20H26F2N6O2. The van der Waals surface area contributed by atoms with E-state index >= 15 is 0 Å². The Kier molecular flexibility index (Phi) is 9.18. The van der Waals surface area contributed by atoms with Gasteiger partial charge in [-0.25, -0.2) is 8.78 Å². The molecule has 0 atom stereocenters. The number of anilines is 1. The van der Waals surface area contributed by atoms with Gasteiger partial charge in [-0.2, -0.15) is 10.4 Å². The Bertz CT molecular complexity index is 839. The van der Waals surface area contributed by atoms with Crippen molar-refractivity contribution in [2.75, 3.05) is 38.8 Å². The van der Waals surface area contributed by atoms with Crippen LogP contribution in [0.25, 0.3) is 0 Å². The zero-order chi connectivity index (χ0) is 21.9. The molecule has 8 nitrogen and oxygen atoms in total. The molecule has 3 rings (SSSR count). The number of hydrogen-bond donors (Lipinski definition) is 3. The molecule has 1 fully saturated rings. The number of nitrogens with one attached hydrogen (secondary N) is 3. The maximum Gasteiger partial charge on any atom is 0.271 e. The molecule has 2 heterocycles. The Morgan fingerprint density at radius 3 is 2.60 bits per heavy atom. The van der Waals surface area contributed by atoms with Gasteiger partial charge in [-0.3, -0.25) is 14.8 Å². The van der Waals surface area contributed by atoms with Gasteiger partial charge in [0, 0.05) is 31.8 Å². The van der Waals surface area contributed by atoms with Crippen LogP contribution in [-0.2, 0) is 4.74 Å². The lowest BCUT2D eigenvalue weighted by Gasteiger charge is -2.30. The van der Waals surface area contributed by atoms with Gasteiger partial charge in [0.1, 0.15) is 24.1 Å². The van der Waals surface area contributed by atoms with E-state index in [-0.39, 0.29) is 17.5 Å². The highest BCUT2D eigenvalue weighted by Crippen LogP contribution is 2.14. The van der Waals surface area contributed by atoms with E-state index in [1.807, 2.05) is 0 Å². The van der Waals surface area contributed by atoms with Gasteiger partial charge in [0.05, 0.1) is 24.5 Å². The summed E-state index contributed by atoms with van der Waals surface area (Å²) < 4.78 is 29.6. The van der Waals surface area contributed by atoms with Gasteiger partial charge in [0.2, 0.25) is 0 Å². The molecule has 162 valence electrons. The summed E-state index contributed by atoms with van der Waals surface area (Å²) in [5.41, 5.74) is 1.11. The summed E-state index contributed by atoms with van der Waals surface area (Å²) in [5, 5.41) is 21.2. The number of ether oxygens (including phenoxy) is 1. The van der Waals surface area contributed by atoms with Crippen LogP contribution in [0.5, 0.6) is 0 Å². The van der Waals surface area contributed by atoms with Crippen molar-refractivity contribution in [2.24, 2.45) is 0 Å². The third-order valence-corrected chi connectivity index (χ3v) is 4.69. The Morgan fingerprint density at radius 2 is 2.03 bits per heavy atom. The minimum absolute atomic E-state index is 0.0810. The van der Waals surface area contributed by atoms with Gasteiger partial charge < -0.3 is 15.4 Å².